The monoisotopic (exact) mass is 513 g/mol. The van der Waals surface area contributed by atoms with Gasteiger partial charge in [-0.05, 0) is 86.9 Å². The quantitative estimate of drug-likeness (QED) is 0.348. The smallest absolute Gasteiger partial charge is 0.338 e. The third-order valence-electron chi connectivity index (χ3n) is 9.07. The van der Waals surface area contributed by atoms with Crippen molar-refractivity contribution in [3.8, 4) is 5.75 Å². The summed E-state index contributed by atoms with van der Waals surface area (Å²) in [5.74, 6) is 2.91. The molecule has 3 aromatic rings. The lowest BCUT2D eigenvalue weighted by molar-refractivity contribution is -0.0659. The van der Waals surface area contributed by atoms with Crippen LogP contribution in [0.25, 0.3) is 10.9 Å². The van der Waals surface area contributed by atoms with Crippen molar-refractivity contribution in [3.05, 3.63) is 65.7 Å². The fraction of sp³-hybridized carbons (Fsp3) is 0.500. The number of rotatable bonds is 7. The molecular formula is C32H39N3O3. The molecule has 7 rings (SSSR count). The van der Waals surface area contributed by atoms with Gasteiger partial charge in [-0.15, -0.1) is 0 Å². The van der Waals surface area contributed by atoms with Crippen molar-refractivity contribution in [2.45, 2.75) is 57.6 Å². The predicted molar refractivity (Wildman–Crippen MR) is 151 cm³/mol. The van der Waals surface area contributed by atoms with E-state index in [4.69, 9.17) is 14.5 Å². The molecule has 4 fully saturated rings. The number of pyridine rings is 1. The third kappa shape index (κ3) is 4.86. The number of aromatic nitrogens is 1. The molecule has 4 aliphatic rings. The zero-order chi connectivity index (χ0) is 26.1. The molecule has 4 aliphatic heterocycles. The minimum absolute atomic E-state index is 0.148. The Bertz CT molecular complexity index is 1270. The second kappa shape index (κ2) is 10.9. The number of carbonyl (C=O) groups is 1. The first-order valence-corrected chi connectivity index (χ1v) is 14.4. The van der Waals surface area contributed by atoms with Crippen molar-refractivity contribution in [3.63, 3.8) is 0 Å². The van der Waals surface area contributed by atoms with Crippen molar-refractivity contribution in [2.24, 2.45) is 11.8 Å². The van der Waals surface area contributed by atoms with Crippen LogP contribution < -0.4 is 9.64 Å². The number of esters is 1. The first-order chi connectivity index (χ1) is 18.6. The van der Waals surface area contributed by atoms with E-state index in [1.807, 2.05) is 42.5 Å². The highest BCUT2D eigenvalue weighted by Crippen LogP contribution is 2.45. The molecule has 0 spiro atoms. The summed E-state index contributed by atoms with van der Waals surface area (Å²) in [4.78, 5) is 23.6. The Morgan fingerprint density at radius 2 is 1.87 bits per heavy atom. The van der Waals surface area contributed by atoms with Crippen LogP contribution in [-0.2, 0) is 4.74 Å². The molecule has 38 heavy (non-hydrogen) atoms. The Hall–Kier alpha value is -3.12. The molecule has 200 valence electrons. The molecular weight excluding hydrogens is 474 g/mol. The van der Waals surface area contributed by atoms with Crippen molar-refractivity contribution >= 4 is 22.7 Å². The lowest BCUT2D eigenvalue weighted by atomic mass is 9.72. The number of ether oxygens (including phenoxy) is 2. The average molecular weight is 514 g/mol. The van der Waals surface area contributed by atoms with E-state index in [1.54, 1.807) is 7.11 Å². The van der Waals surface area contributed by atoms with Crippen LogP contribution >= 0.6 is 0 Å². The van der Waals surface area contributed by atoms with Crippen LogP contribution in [0.5, 0.6) is 5.75 Å². The fourth-order valence-corrected chi connectivity index (χ4v) is 6.93. The van der Waals surface area contributed by atoms with E-state index in [2.05, 4.69) is 28.9 Å². The molecule has 0 radical (unpaired) electrons. The van der Waals surface area contributed by atoms with Gasteiger partial charge in [0.2, 0.25) is 0 Å². The van der Waals surface area contributed by atoms with Crippen molar-refractivity contribution in [1.29, 1.82) is 0 Å². The Kier molecular flexibility index (Phi) is 7.24. The number of hydrogen-bond donors (Lipinski definition) is 0. The Labute approximate surface area is 225 Å². The largest absolute Gasteiger partial charge is 0.497 e. The summed E-state index contributed by atoms with van der Waals surface area (Å²) in [7, 11) is 1.69. The van der Waals surface area contributed by atoms with Gasteiger partial charge in [-0.2, -0.15) is 0 Å². The maximum absolute atomic E-state index is 13.6. The zero-order valence-electron chi connectivity index (χ0n) is 22.6. The van der Waals surface area contributed by atoms with Crippen LogP contribution in [-0.4, -0.2) is 55.2 Å². The van der Waals surface area contributed by atoms with E-state index in [-0.39, 0.29) is 18.1 Å². The number of fused-ring (bicyclic) bond motifs is 4. The molecule has 0 N–H and O–H groups in total. The van der Waals surface area contributed by atoms with E-state index >= 15 is 0 Å². The average Bonchev–Trinajstić information content (AvgIpc) is 3.00. The lowest BCUT2D eigenvalue weighted by Crippen LogP contribution is -2.55. The van der Waals surface area contributed by atoms with Crippen LogP contribution in [0.1, 0.15) is 67.5 Å². The fourth-order valence-electron chi connectivity index (χ4n) is 6.93. The highest BCUT2D eigenvalue weighted by atomic mass is 16.5. The van der Waals surface area contributed by atoms with E-state index < -0.39 is 0 Å². The Morgan fingerprint density at radius 1 is 1.05 bits per heavy atom. The zero-order valence-corrected chi connectivity index (χ0v) is 22.6. The number of methoxy groups -OCH3 is 1. The summed E-state index contributed by atoms with van der Waals surface area (Å²) in [5.41, 5.74) is 2.56. The number of nitrogens with zero attached hydrogens (tertiary/aromatic N) is 3. The topological polar surface area (TPSA) is 54.9 Å². The van der Waals surface area contributed by atoms with E-state index in [0.29, 0.717) is 11.5 Å². The second-order valence-corrected chi connectivity index (χ2v) is 11.2. The Morgan fingerprint density at radius 3 is 2.58 bits per heavy atom. The summed E-state index contributed by atoms with van der Waals surface area (Å²) < 4.78 is 12.2. The van der Waals surface area contributed by atoms with Crippen LogP contribution in [0.2, 0.25) is 0 Å². The Balaban J connectivity index is 1.47. The molecule has 4 saturated heterocycles. The molecule has 5 atom stereocenters. The lowest BCUT2D eigenvalue weighted by Gasteiger charge is -2.51. The summed E-state index contributed by atoms with van der Waals surface area (Å²) in [6.07, 6.45) is 6.74. The van der Waals surface area contributed by atoms with Crippen LogP contribution in [0.15, 0.2) is 54.6 Å². The van der Waals surface area contributed by atoms with Crippen molar-refractivity contribution < 1.29 is 14.3 Å². The molecule has 2 aromatic carbocycles. The SMILES string of the molecule is CCC1CN2CCC1CC2C(OC(=O)c1ccccc1)c1cc(N2CCCCC2)nc2ccc(OC)cc12. The van der Waals surface area contributed by atoms with Crippen molar-refractivity contribution in [2.75, 3.05) is 38.2 Å². The number of hydrogen-bond acceptors (Lipinski definition) is 6. The molecule has 1 aromatic heterocycles. The summed E-state index contributed by atoms with van der Waals surface area (Å²) in [6.45, 7) is 6.48. The van der Waals surface area contributed by atoms with Gasteiger partial charge in [0, 0.05) is 30.6 Å². The maximum atomic E-state index is 13.6. The molecule has 6 heteroatoms. The summed E-state index contributed by atoms with van der Waals surface area (Å²) in [6, 6.07) is 17.8. The van der Waals surface area contributed by atoms with Crippen LogP contribution in [0, 0.1) is 11.8 Å². The highest BCUT2D eigenvalue weighted by Gasteiger charge is 2.45. The van der Waals surface area contributed by atoms with Gasteiger partial charge in [-0.1, -0.05) is 31.5 Å². The molecule has 0 amide bonds. The van der Waals surface area contributed by atoms with Gasteiger partial charge in [0.05, 0.1) is 24.2 Å². The molecule has 6 nitrogen and oxygen atoms in total. The van der Waals surface area contributed by atoms with Gasteiger partial charge in [0.15, 0.2) is 0 Å². The summed E-state index contributed by atoms with van der Waals surface area (Å²) in [5, 5.41) is 1.01. The number of carbonyl (C=O) groups excluding carboxylic acids is 1. The highest BCUT2D eigenvalue weighted by molar-refractivity contribution is 5.90. The third-order valence-corrected chi connectivity index (χ3v) is 9.07. The van der Waals surface area contributed by atoms with Gasteiger partial charge in [-0.25, -0.2) is 9.78 Å². The molecule has 0 aliphatic carbocycles. The second-order valence-electron chi connectivity index (χ2n) is 11.2. The number of piperidine rings is 4. The number of anilines is 1. The van der Waals surface area contributed by atoms with Gasteiger partial charge in [0.25, 0.3) is 0 Å². The maximum Gasteiger partial charge on any atom is 0.338 e. The minimum Gasteiger partial charge on any atom is -0.497 e. The van der Waals surface area contributed by atoms with Gasteiger partial charge in [0.1, 0.15) is 17.7 Å². The number of benzene rings is 2. The van der Waals surface area contributed by atoms with E-state index in [1.165, 1.54) is 32.1 Å². The normalized spacial score (nSPS) is 25.8. The first kappa shape index (κ1) is 25.2. The van der Waals surface area contributed by atoms with Crippen LogP contribution in [0.4, 0.5) is 5.82 Å². The predicted octanol–water partition coefficient (Wildman–Crippen LogP) is 6.25. The van der Waals surface area contributed by atoms with Crippen molar-refractivity contribution in [1.82, 2.24) is 9.88 Å². The molecule has 0 saturated carbocycles. The van der Waals surface area contributed by atoms with Crippen LogP contribution in [0.3, 0.4) is 0 Å². The minimum atomic E-state index is -0.385. The molecule has 2 bridgehead atoms. The summed E-state index contributed by atoms with van der Waals surface area (Å²) >= 11 is 0. The van der Waals surface area contributed by atoms with Gasteiger partial charge in [-0.3, -0.25) is 4.90 Å². The van der Waals surface area contributed by atoms with Gasteiger partial charge >= 0.3 is 5.97 Å². The van der Waals surface area contributed by atoms with E-state index in [0.717, 1.165) is 66.6 Å². The molecule has 5 unspecified atom stereocenters. The first-order valence-electron chi connectivity index (χ1n) is 14.4. The standard InChI is InChI=1S/C32H39N3O3/c1-3-22-21-35-17-14-24(22)18-29(35)31(38-32(36)23-10-6-4-7-11-23)27-20-30(34-15-8-5-9-16-34)33-28-13-12-25(37-2)19-26(27)28/h4,6-7,10-13,19-20,22,24,29,31H,3,5,8-9,14-18,21H2,1-2H3. The molecule has 5 heterocycles. The van der Waals surface area contributed by atoms with Gasteiger partial charge < -0.3 is 14.4 Å². The van der Waals surface area contributed by atoms with E-state index in [9.17, 15) is 4.79 Å².